The van der Waals surface area contributed by atoms with Crippen molar-refractivity contribution in [2.24, 2.45) is 0 Å². The molecule has 8 nitrogen and oxygen atoms in total. The minimum Gasteiger partial charge on any atom is -0.444 e. The molecule has 0 aliphatic carbocycles. The number of alkyl halides is 1. The Morgan fingerprint density at radius 3 is 2.79 bits per heavy atom. The molecule has 39 heavy (non-hydrogen) atoms. The second kappa shape index (κ2) is 9.65. The van der Waals surface area contributed by atoms with Crippen molar-refractivity contribution in [3.05, 3.63) is 52.5 Å². The number of nitrogens with zero attached hydrogens (tertiary/aromatic N) is 5. The molecule has 0 radical (unpaired) electrons. The van der Waals surface area contributed by atoms with Crippen molar-refractivity contribution in [2.75, 3.05) is 36.4 Å². The molecular weight excluding hydrogens is 515 g/mol. The maximum Gasteiger partial charge on any atom is 0.410 e. The minimum absolute atomic E-state index is 0.0308. The van der Waals surface area contributed by atoms with E-state index in [0.717, 1.165) is 41.2 Å². The number of hydrogen-bond donors (Lipinski definition) is 1. The lowest BCUT2D eigenvalue weighted by atomic mass is 10.0. The van der Waals surface area contributed by atoms with E-state index in [9.17, 15) is 14.4 Å². The third-order valence-corrected chi connectivity index (χ3v) is 8.72. The number of thiazole rings is 1. The number of hydrogen-bond acceptors (Lipinski definition) is 8. The van der Waals surface area contributed by atoms with Gasteiger partial charge in [-0.2, -0.15) is 5.26 Å². The van der Waals surface area contributed by atoms with Crippen LogP contribution in [0, 0.1) is 11.3 Å². The fourth-order valence-corrected chi connectivity index (χ4v) is 6.93. The Kier molecular flexibility index (Phi) is 6.39. The fourth-order valence-electron chi connectivity index (χ4n) is 6.08. The van der Waals surface area contributed by atoms with Crippen molar-refractivity contribution in [2.45, 2.75) is 64.1 Å². The third-order valence-electron chi connectivity index (χ3n) is 7.88. The number of anilines is 2. The van der Waals surface area contributed by atoms with Crippen molar-refractivity contribution in [1.82, 2.24) is 14.8 Å². The van der Waals surface area contributed by atoms with Crippen LogP contribution in [0.15, 0.2) is 35.8 Å². The number of likely N-dealkylation sites (tertiary alicyclic amines) is 1. The number of halogens is 1. The molecule has 0 saturated carbocycles. The lowest BCUT2D eigenvalue weighted by Crippen LogP contribution is -2.51. The highest BCUT2D eigenvalue weighted by Crippen LogP contribution is 2.42. The summed E-state index contributed by atoms with van der Waals surface area (Å²) in [6, 6.07) is 12.6. The summed E-state index contributed by atoms with van der Waals surface area (Å²) in [6.07, 6.45) is -1.64. The average molecular weight is 549 g/mol. The number of fused-ring (bicyclic) bond motifs is 4. The molecule has 1 aromatic heterocycles. The summed E-state index contributed by atoms with van der Waals surface area (Å²) in [5.74, 6) is 0. The van der Waals surface area contributed by atoms with Crippen LogP contribution in [0.2, 0.25) is 0 Å². The van der Waals surface area contributed by atoms with Gasteiger partial charge in [-0.25, -0.2) is 14.2 Å². The number of ether oxygens (including phenoxy) is 1. The summed E-state index contributed by atoms with van der Waals surface area (Å²) >= 11 is 1.58. The number of amides is 1. The van der Waals surface area contributed by atoms with E-state index in [2.05, 4.69) is 51.3 Å². The SMILES string of the molecule is C[C@@H]1CN(c2ccc(C#N)c3ncsc23)C[C@@H]2c3ccc(N[C@H]4CN(C(=O)OC(C)(C)C)C[C@H]4F)cc3CN12. The highest BCUT2D eigenvalue weighted by Gasteiger charge is 2.40. The molecule has 4 atom stereocenters. The van der Waals surface area contributed by atoms with E-state index in [-0.39, 0.29) is 19.1 Å². The summed E-state index contributed by atoms with van der Waals surface area (Å²) in [5, 5.41) is 12.8. The Hall–Kier alpha value is -3.42. The molecule has 204 valence electrons. The van der Waals surface area contributed by atoms with Gasteiger partial charge in [-0.05, 0) is 63.1 Å². The zero-order chi connectivity index (χ0) is 27.5. The maximum atomic E-state index is 14.9. The Balaban J connectivity index is 1.18. The van der Waals surface area contributed by atoms with Crippen LogP contribution in [0.25, 0.3) is 10.2 Å². The van der Waals surface area contributed by atoms with Gasteiger partial charge in [0.15, 0.2) is 0 Å². The number of carbonyl (C=O) groups excluding carboxylic acids is 1. The van der Waals surface area contributed by atoms with Crippen molar-refractivity contribution < 1.29 is 13.9 Å². The molecule has 3 aromatic rings. The predicted molar refractivity (Wildman–Crippen MR) is 151 cm³/mol. The first-order valence-corrected chi connectivity index (χ1v) is 14.3. The van der Waals surface area contributed by atoms with Gasteiger partial charge in [-0.3, -0.25) is 4.90 Å². The largest absolute Gasteiger partial charge is 0.444 e. The van der Waals surface area contributed by atoms with Gasteiger partial charge >= 0.3 is 6.09 Å². The van der Waals surface area contributed by atoms with Crippen molar-refractivity contribution >= 4 is 39.0 Å². The number of carbonyl (C=O) groups is 1. The molecule has 0 unspecified atom stereocenters. The highest BCUT2D eigenvalue weighted by atomic mass is 32.1. The van der Waals surface area contributed by atoms with Crippen LogP contribution in [-0.4, -0.2) is 70.9 Å². The van der Waals surface area contributed by atoms with E-state index in [1.807, 2.05) is 38.4 Å². The Morgan fingerprint density at radius 1 is 1.21 bits per heavy atom. The first-order chi connectivity index (χ1) is 18.6. The van der Waals surface area contributed by atoms with Gasteiger partial charge in [0.25, 0.3) is 0 Å². The predicted octanol–water partition coefficient (Wildman–Crippen LogP) is 5.30. The van der Waals surface area contributed by atoms with Gasteiger partial charge in [0.1, 0.15) is 23.4 Å². The van der Waals surface area contributed by atoms with E-state index in [0.29, 0.717) is 11.6 Å². The van der Waals surface area contributed by atoms with Crippen LogP contribution < -0.4 is 10.2 Å². The first-order valence-electron chi connectivity index (χ1n) is 13.4. The summed E-state index contributed by atoms with van der Waals surface area (Å²) < 4.78 is 21.4. The molecule has 1 N–H and O–H groups in total. The first kappa shape index (κ1) is 25.8. The van der Waals surface area contributed by atoms with E-state index < -0.39 is 23.9 Å². The third kappa shape index (κ3) is 4.79. The van der Waals surface area contributed by atoms with E-state index in [1.165, 1.54) is 16.0 Å². The van der Waals surface area contributed by atoms with Gasteiger partial charge in [0.2, 0.25) is 0 Å². The molecular formula is C29H33FN6O2S. The Bertz CT molecular complexity index is 1460. The van der Waals surface area contributed by atoms with Crippen molar-refractivity contribution in [3.8, 4) is 6.07 Å². The molecule has 3 aliphatic heterocycles. The average Bonchev–Trinajstić information content (AvgIpc) is 3.60. The molecule has 10 heteroatoms. The second-order valence-electron chi connectivity index (χ2n) is 11.8. The fraction of sp³-hybridized carbons (Fsp3) is 0.483. The zero-order valence-electron chi connectivity index (χ0n) is 22.6. The molecule has 0 spiro atoms. The maximum absolute atomic E-state index is 14.9. The van der Waals surface area contributed by atoms with Gasteiger partial charge in [-0.1, -0.05) is 6.07 Å². The lowest BCUT2D eigenvalue weighted by molar-refractivity contribution is 0.0283. The molecule has 4 heterocycles. The van der Waals surface area contributed by atoms with Crippen LogP contribution in [0.3, 0.4) is 0 Å². The molecule has 6 rings (SSSR count). The zero-order valence-corrected chi connectivity index (χ0v) is 23.5. The monoisotopic (exact) mass is 548 g/mol. The Labute approximate surface area is 232 Å². The highest BCUT2D eigenvalue weighted by molar-refractivity contribution is 7.17. The van der Waals surface area contributed by atoms with Crippen LogP contribution >= 0.6 is 11.3 Å². The van der Waals surface area contributed by atoms with Crippen molar-refractivity contribution in [1.29, 1.82) is 5.26 Å². The van der Waals surface area contributed by atoms with E-state index >= 15 is 0 Å². The molecule has 2 saturated heterocycles. The number of nitrogens with one attached hydrogen (secondary N) is 1. The molecule has 3 aliphatic rings. The number of benzene rings is 2. The quantitative estimate of drug-likeness (QED) is 0.475. The van der Waals surface area contributed by atoms with Gasteiger partial charge in [0, 0.05) is 37.9 Å². The van der Waals surface area contributed by atoms with Gasteiger partial charge < -0.3 is 19.9 Å². The lowest BCUT2D eigenvalue weighted by Gasteiger charge is -2.43. The van der Waals surface area contributed by atoms with Crippen LogP contribution in [0.1, 0.15) is 50.4 Å². The summed E-state index contributed by atoms with van der Waals surface area (Å²) in [6.45, 7) is 10.6. The second-order valence-corrected chi connectivity index (χ2v) is 12.6. The minimum atomic E-state index is -1.17. The van der Waals surface area contributed by atoms with Gasteiger partial charge in [-0.15, -0.1) is 11.3 Å². The molecule has 0 bridgehead atoms. The van der Waals surface area contributed by atoms with E-state index in [4.69, 9.17) is 4.74 Å². The number of piperazine rings is 1. The summed E-state index contributed by atoms with van der Waals surface area (Å²) in [4.78, 5) is 23.3. The molecule has 2 fully saturated rings. The standard InChI is InChI=1S/C29H33FN6O2S/c1-17-11-34(24-8-5-18(10-31)26-27(24)39-16-32-26)15-25-21-7-6-20(9-19(21)12-36(17)25)33-23-14-35(13-22(23)30)28(37)38-29(2,3)4/h5-9,16-17,22-23,25,33H,11-15H2,1-4H3/t17-,22-,23+,25-/m1/s1. The van der Waals surface area contributed by atoms with Gasteiger partial charge in [0.05, 0.1) is 40.1 Å². The Morgan fingerprint density at radius 2 is 2.03 bits per heavy atom. The number of aromatic nitrogens is 1. The smallest absolute Gasteiger partial charge is 0.410 e. The van der Waals surface area contributed by atoms with Crippen molar-refractivity contribution in [3.63, 3.8) is 0 Å². The topological polar surface area (TPSA) is 84.7 Å². The van der Waals surface area contributed by atoms with Crippen LogP contribution in [0.5, 0.6) is 0 Å². The summed E-state index contributed by atoms with van der Waals surface area (Å²) in [5.41, 5.74) is 7.14. The van der Waals surface area contributed by atoms with Crippen LogP contribution in [-0.2, 0) is 11.3 Å². The van der Waals surface area contributed by atoms with Crippen LogP contribution in [0.4, 0.5) is 20.6 Å². The number of rotatable bonds is 3. The number of nitriles is 1. The normalized spacial score (nSPS) is 24.9. The molecule has 2 aromatic carbocycles. The van der Waals surface area contributed by atoms with E-state index in [1.54, 1.807) is 11.3 Å². The molecule has 1 amide bonds. The summed E-state index contributed by atoms with van der Waals surface area (Å²) in [7, 11) is 0.